The van der Waals surface area contributed by atoms with E-state index in [1.807, 2.05) is 0 Å². The van der Waals surface area contributed by atoms with E-state index in [-0.39, 0.29) is 13.0 Å². The molecule has 0 saturated carbocycles. The molecular weight excluding hydrogens is 286 g/mol. The molecule has 0 aromatic carbocycles. The second-order valence-corrected chi connectivity index (χ2v) is 4.40. The molecule has 110 valence electrons. The number of thiocarbonyl (C=S) groups is 1. The van der Waals surface area contributed by atoms with E-state index in [2.05, 4.69) is 17.2 Å². The van der Waals surface area contributed by atoms with E-state index in [1.54, 1.807) is 12.1 Å². The third-order valence-corrected chi connectivity index (χ3v) is 2.84. The summed E-state index contributed by atoms with van der Waals surface area (Å²) in [5, 5.41) is 25.9. The van der Waals surface area contributed by atoms with Crippen molar-refractivity contribution in [3.63, 3.8) is 0 Å². The zero-order valence-corrected chi connectivity index (χ0v) is 11.5. The minimum Gasteiger partial charge on any atom is -0.394 e. The molecule has 1 aromatic rings. The van der Waals surface area contributed by atoms with Gasteiger partial charge in [0.1, 0.15) is 12.3 Å². The topological polar surface area (TPSA) is 128 Å². The lowest BCUT2D eigenvalue weighted by molar-refractivity contribution is -0.0459. The van der Waals surface area contributed by atoms with Gasteiger partial charge in [0.25, 0.3) is 5.56 Å². The maximum Gasteiger partial charge on any atom is 0.330 e. The summed E-state index contributed by atoms with van der Waals surface area (Å²) in [6.45, 7) is 1.26. The second-order valence-electron chi connectivity index (χ2n) is 4.20. The summed E-state index contributed by atoms with van der Waals surface area (Å²) in [5.74, 6) is 0. The fraction of sp³-hybridized carbons (Fsp3) is 0.545. The van der Waals surface area contributed by atoms with Crippen LogP contribution >= 0.6 is 12.2 Å². The highest BCUT2D eigenvalue weighted by Crippen LogP contribution is 2.27. The van der Waals surface area contributed by atoms with Crippen LogP contribution in [0.4, 0.5) is 0 Å². The molecule has 9 heteroatoms. The lowest BCUT2D eigenvalue weighted by atomic mass is 10.2. The molecule has 0 amide bonds. The molecule has 20 heavy (non-hydrogen) atoms. The van der Waals surface area contributed by atoms with Crippen LogP contribution in [0.1, 0.15) is 18.2 Å². The van der Waals surface area contributed by atoms with Crippen molar-refractivity contribution in [3.8, 4) is 0 Å². The number of rotatable bonds is 2. The van der Waals surface area contributed by atoms with Gasteiger partial charge in [-0.25, -0.2) is 10.2 Å². The van der Waals surface area contributed by atoms with Gasteiger partial charge in [0.15, 0.2) is 0 Å². The van der Waals surface area contributed by atoms with Gasteiger partial charge in [-0.3, -0.25) is 14.3 Å². The van der Waals surface area contributed by atoms with E-state index in [9.17, 15) is 14.7 Å². The van der Waals surface area contributed by atoms with Crippen molar-refractivity contribution in [2.45, 2.75) is 31.8 Å². The average molecular weight is 301 g/mol. The summed E-state index contributed by atoms with van der Waals surface area (Å²) >= 11 is 3.81. The van der Waals surface area contributed by atoms with E-state index in [0.29, 0.717) is 5.56 Å². The molecule has 4 N–H and O–H groups in total. The van der Waals surface area contributed by atoms with Crippen LogP contribution in [-0.4, -0.2) is 43.7 Å². The number of isothiocyanates is 1. The Kier molecular flexibility index (Phi) is 5.93. The van der Waals surface area contributed by atoms with Gasteiger partial charge < -0.3 is 14.9 Å². The Balaban J connectivity index is 0.000000612. The zero-order chi connectivity index (χ0) is 15.3. The van der Waals surface area contributed by atoms with Gasteiger partial charge in [-0.15, -0.1) is 0 Å². The standard InChI is InChI=1S/C10H14N2O5.CHNS/c1-5-3-12(10(16)11-9(5)15)8-2-6(14)7(4-13)17-8;2-1-3/h3,6-8,13-14H,2,4H2,1H3,(H,11,15,16);2H/t6-,7+,8+;/m0./s1. The van der Waals surface area contributed by atoms with E-state index < -0.39 is 29.7 Å². The smallest absolute Gasteiger partial charge is 0.330 e. The Morgan fingerprint density at radius 2 is 2.25 bits per heavy atom. The largest absolute Gasteiger partial charge is 0.394 e. The van der Waals surface area contributed by atoms with Crippen LogP contribution in [0.25, 0.3) is 0 Å². The van der Waals surface area contributed by atoms with Gasteiger partial charge in [-0.05, 0) is 19.1 Å². The lowest BCUT2D eigenvalue weighted by Gasteiger charge is -2.14. The molecule has 0 spiro atoms. The second kappa shape index (κ2) is 7.22. The maximum absolute atomic E-state index is 11.6. The Morgan fingerprint density at radius 1 is 1.65 bits per heavy atom. The van der Waals surface area contributed by atoms with Crippen molar-refractivity contribution in [3.05, 3.63) is 32.6 Å². The van der Waals surface area contributed by atoms with Gasteiger partial charge in [0.2, 0.25) is 0 Å². The number of aromatic nitrogens is 2. The molecule has 8 nitrogen and oxygen atoms in total. The van der Waals surface area contributed by atoms with Gasteiger partial charge in [0.05, 0.1) is 17.9 Å². The predicted molar refractivity (Wildman–Crippen MR) is 73.0 cm³/mol. The molecule has 3 atom stereocenters. The van der Waals surface area contributed by atoms with Gasteiger partial charge in [-0.1, -0.05) is 0 Å². The summed E-state index contributed by atoms with van der Waals surface area (Å²) < 4.78 is 6.54. The number of aromatic amines is 1. The van der Waals surface area contributed by atoms with Crippen LogP contribution in [0.2, 0.25) is 0 Å². The van der Waals surface area contributed by atoms with E-state index in [0.717, 1.165) is 0 Å². The number of aliphatic hydroxyl groups is 2. The third kappa shape index (κ3) is 3.69. The Hall–Kier alpha value is -1.64. The van der Waals surface area contributed by atoms with Crippen LogP contribution in [-0.2, 0) is 4.74 Å². The molecule has 1 aliphatic heterocycles. The Bertz CT molecular complexity index is 605. The zero-order valence-electron chi connectivity index (χ0n) is 10.7. The van der Waals surface area contributed by atoms with Gasteiger partial charge in [-0.2, -0.15) is 0 Å². The number of hydrogen-bond acceptors (Lipinski definition) is 7. The normalized spacial score (nSPS) is 24.6. The van der Waals surface area contributed by atoms with Crippen molar-refractivity contribution < 1.29 is 14.9 Å². The Labute approximate surface area is 119 Å². The molecule has 1 fully saturated rings. The minimum atomic E-state index is -0.816. The summed E-state index contributed by atoms with van der Waals surface area (Å²) in [7, 11) is 0. The molecule has 1 aliphatic rings. The molecule has 0 radical (unpaired) electrons. The van der Waals surface area contributed by atoms with Gasteiger partial charge >= 0.3 is 5.69 Å². The van der Waals surface area contributed by atoms with E-state index >= 15 is 0 Å². The number of aryl methyl sites for hydroxylation is 1. The number of ether oxygens (including phenoxy) is 1. The number of nitrogens with one attached hydrogen (secondary N) is 2. The van der Waals surface area contributed by atoms with E-state index in [1.165, 1.54) is 10.8 Å². The van der Waals surface area contributed by atoms with Crippen molar-refractivity contribution >= 4 is 17.4 Å². The van der Waals surface area contributed by atoms with Crippen molar-refractivity contribution in [1.82, 2.24) is 9.55 Å². The van der Waals surface area contributed by atoms with Crippen LogP contribution in [0.3, 0.4) is 0 Å². The maximum atomic E-state index is 11.6. The molecule has 2 heterocycles. The molecule has 1 aromatic heterocycles. The summed E-state index contributed by atoms with van der Waals surface area (Å²) in [6, 6.07) is 0. The summed E-state index contributed by atoms with van der Waals surface area (Å²) in [4.78, 5) is 24.9. The van der Waals surface area contributed by atoms with Crippen LogP contribution < -0.4 is 11.2 Å². The highest BCUT2D eigenvalue weighted by Gasteiger charge is 2.34. The first kappa shape index (κ1) is 16.4. The number of aliphatic hydroxyl groups excluding tert-OH is 2. The molecule has 0 bridgehead atoms. The van der Waals surface area contributed by atoms with Crippen LogP contribution in [0, 0.1) is 12.3 Å². The first-order chi connectivity index (χ1) is 9.44. The van der Waals surface area contributed by atoms with Crippen molar-refractivity contribution in [2.75, 3.05) is 6.61 Å². The highest BCUT2D eigenvalue weighted by atomic mass is 32.1. The predicted octanol–water partition coefficient (Wildman–Crippen LogP) is -0.846. The van der Waals surface area contributed by atoms with Crippen LogP contribution in [0.15, 0.2) is 15.8 Å². The summed E-state index contributed by atoms with van der Waals surface area (Å²) in [6.07, 6.45) is -0.581. The number of H-pyrrole nitrogens is 1. The quantitative estimate of drug-likeness (QED) is 0.416. The third-order valence-electron chi connectivity index (χ3n) is 2.84. The molecule has 0 unspecified atom stereocenters. The monoisotopic (exact) mass is 301 g/mol. The van der Waals surface area contributed by atoms with Crippen LogP contribution in [0.5, 0.6) is 0 Å². The van der Waals surface area contributed by atoms with Crippen molar-refractivity contribution in [2.24, 2.45) is 0 Å². The highest BCUT2D eigenvalue weighted by molar-refractivity contribution is 7.78. The first-order valence-electron chi connectivity index (χ1n) is 5.74. The Morgan fingerprint density at radius 3 is 2.75 bits per heavy atom. The molecule has 0 aliphatic carbocycles. The number of nitrogens with zero attached hydrogens (tertiary/aromatic N) is 1. The number of hydrogen-bond donors (Lipinski definition) is 4. The first-order valence-corrected chi connectivity index (χ1v) is 6.15. The molecule has 2 rings (SSSR count). The van der Waals surface area contributed by atoms with Crippen molar-refractivity contribution in [1.29, 1.82) is 5.41 Å². The lowest BCUT2D eigenvalue weighted by Crippen LogP contribution is -2.33. The molecular formula is C11H15N3O5S. The summed E-state index contributed by atoms with van der Waals surface area (Å²) in [5.41, 5.74) is -0.643. The van der Waals surface area contributed by atoms with Gasteiger partial charge in [0, 0.05) is 18.2 Å². The SMILES string of the molecule is Cc1cn([C@H]2C[C@H](O)[C@@H](CO)O2)c(=O)[nH]c1=O.N=C=S. The fourth-order valence-electron chi connectivity index (χ4n) is 1.85. The van der Waals surface area contributed by atoms with E-state index in [4.69, 9.17) is 15.3 Å². The fourth-order valence-corrected chi connectivity index (χ4v) is 1.85. The minimum absolute atomic E-state index is 0.205. The molecule has 1 saturated heterocycles. The average Bonchev–Trinajstić information content (AvgIpc) is 2.76.